The third-order valence-electron chi connectivity index (χ3n) is 3.70. The number of benzene rings is 2. The zero-order valence-corrected chi connectivity index (χ0v) is 13.4. The SMILES string of the molecule is CCc1ccc(OC(=O)c2cc3cc(OC)ccc3oc2=O)cc1. The van der Waals surface area contributed by atoms with E-state index < -0.39 is 11.6 Å². The van der Waals surface area contributed by atoms with E-state index in [1.165, 1.54) is 13.2 Å². The van der Waals surface area contributed by atoms with Gasteiger partial charge in [0, 0.05) is 5.39 Å². The Morgan fingerprint density at radius 3 is 2.42 bits per heavy atom. The van der Waals surface area contributed by atoms with Crippen molar-refractivity contribution in [1.29, 1.82) is 0 Å². The van der Waals surface area contributed by atoms with Crippen molar-refractivity contribution in [2.45, 2.75) is 13.3 Å². The standard InChI is InChI=1S/C19H16O5/c1-3-12-4-6-14(7-5-12)23-18(20)16-11-13-10-15(22-2)8-9-17(13)24-19(16)21/h4-11H,3H2,1-2H3. The Morgan fingerprint density at radius 2 is 1.75 bits per heavy atom. The van der Waals surface area contributed by atoms with Gasteiger partial charge in [-0.05, 0) is 48.4 Å². The van der Waals surface area contributed by atoms with Gasteiger partial charge in [0.2, 0.25) is 0 Å². The first-order valence-corrected chi connectivity index (χ1v) is 7.53. The zero-order chi connectivity index (χ0) is 17.1. The molecule has 0 aliphatic carbocycles. The lowest BCUT2D eigenvalue weighted by atomic mass is 10.1. The highest BCUT2D eigenvalue weighted by molar-refractivity contribution is 5.94. The Balaban J connectivity index is 1.93. The molecule has 0 atom stereocenters. The van der Waals surface area contributed by atoms with Crippen LogP contribution in [0.4, 0.5) is 0 Å². The molecule has 0 saturated carbocycles. The van der Waals surface area contributed by atoms with Crippen molar-refractivity contribution >= 4 is 16.9 Å². The molecule has 122 valence electrons. The van der Waals surface area contributed by atoms with Gasteiger partial charge in [-0.1, -0.05) is 19.1 Å². The predicted molar refractivity (Wildman–Crippen MR) is 89.8 cm³/mol. The molecule has 0 spiro atoms. The maximum absolute atomic E-state index is 12.3. The maximum atomic E-state index is 12.3. The van der Waals surface area contributed by atoms with Gasteiger partial charge in [-0.3, -0.25) is 0 Å². The fraction of sp³-hybridized carbons (Fsp3) is 0.158. The number of rotatable bonds is 4. The molecule has 24 heavy (non-hydrogen) atoms. The Labute approximate surface area is 138 Å². The molecule has 1 aromatic heterocycles. The number of ether oxygens (including phenoxy) is 2. The van der Waals surface area contributed by atoms with Gasteiger partial charge in [0.05, 0.1) is 7.11 Å². The van der Waals surface area contributed by atoms with Crippen LogP contribution in [0.3, 0.4) is 0 Å². The summed E-state index contributed by atoms with van der Waals surface area (Å²) >= 11 is 0. The number of hydrogen-bond donors (Lipinski definition) is 0. The summed E-state index contributed by atoms with van der Waals surface area (Å²) in [5.41, 5.74) is 0.620. The van der Waals surface area contributed by atoms with E-state index in [1.807, 2.05) is 19.1 Å². The number of carbonyl (C=O) groups excluding carboxylic acids is 1. The second-order valence-electron chi connectivity index (χ2n) is 5.24. The number of fused-ring (bicyclic) bond motifs is 1. The summed E-state index contributed by atoms with van der Waals surface area (Å²) in [5, 5.41) is 0.585. The van der Waals surface area contributed by atoms with Gasteiger partial charge in [-0.15, -0.1) is 0 Å². The molecule has 0 radical (unpaired) electrons. The lowest BCUT2D eigenvalue weighted by molar-refractivity contribution is 0.0730. The van der Waals surface area contributed by atoms with Crippen molar-refractivity contribution in [3.8, 4) is 11.5 Å². The highest BCUT2D eigenvalue weighted by atomic mass is 16.5. The molecule has 3 aromatic rings. The van der Waals surface area contributed by atoms with Crippen LogP contribution in [0.5, 0.6) is 11.5 Å². The minimum Gasteiger partial charge on any atom is -0.497 e. The largest absolute Gasteiger partial charge is 0.497 e. The third-order valence-corrected chi connectivity index (χ3v) is 3.70. The van der Waals surface area contributed by atoms with Crippen LogP contribution >= 0.6 is 0 Å². The second-order valence-corrected chi connectivity index (χ2v) is 5.24. The van der Waals surface area contributed by atoms with Crippen LogP contribution in [-0.2, 0) is 6.42 Å². The van der Waals surface area contributed by atoms with Gasteiger partial charge in [-0.2, -0.15) is 0 Å². The van der Waals surface area contributed by atoms with Crippen LogP contribution in [0.25, 0.3) is 11.0 Å². The lowest BCUT2D eigenvalue weighted by Gasteiger charge is -2.06. The average molecular weight is 324 g/mol. The molecule has 0 N–H and O–H groups in total. The number of carbonyl (C=O) groups is 1. The summed E-state index contributed by atoms with van der Waals surface area (Å²) in [5.74, 6) is 0.228. The summed E-state index contributed by atoms with van der Waals surface area (Å²) in [6.45, 7) is 2.04. The Bertz CT molecular complexity index is 938. The van der Waals surface area contributed by atoms with Gasteiger partial charge < -0.3 is 13.9 Å². The molecule has 2 aromatic carbocycles. The first-order valence-electron chi connectivity index (χ1n) is 7.53. The Hall–Kier alpha value is -3.08. The van der Waals surface area contributed by atoms with Crippen LogP contribution in [0, 0.1) is 0 Å². The molecule has 0 aliphatic rings. The van der Waals surface area contributed by atoms with E-state index in [0.717, 1.165) is 12.0 Å². The van der Waals surface area contributed by atoms with Crippen molar-refractivity contribution in [2.75, 3.05) is 7.11 Å². The summed E-state index contributed by atoms with van der Waals surface area (Å²) in [4.78, 5) is 24.3. The van der Waals surface area contributed by atoms with Crippen molar-refractivity contribution < 1.29 is 18.7 Å². The summed E-state index contributed by atoms with van der Waals surface area (Å²) in [7, 11) is 1.54. The highest BCUT2D eigenvalue weighted by Crippen LogP contribution is 2.21. The van der Waals surface area contributed by atoms with Crippen LogP contribution in [-0.4, -0.2) is 13.1 Å². The van der Waals surface area contributed by atoms with Gasteiger partial charge >= 0.3 is 11.6 Å². The van der Waals surface area contributed by atoms with Crippen LogP contribution in [0.2, 0.25) is 0 Å². The van der Waals surface area contributed by atoms with Gasteiger partial charge in [-0.25, -0.2) is 9.59 Å². The predicted octanol–water partition coefficient (Wildman–Crippen LogP) is 3.58. The van der Waals surface area contributed by atoms with E-state index >= 15 is 0 Å². The Morgan fingerprint density at radius 1 is 1.04 bits per heavy atom. The van der Waals surface area contributed by atoms with E-state index in [2.05, 4.69) is 0 Å². The molecular formula is C19H16O5. The molecule has 5 nitrogen and oxygen atoms in total. The van der Waals surface area contributed by atoms with Gasteiger partial charge in [0.1, 0.15) is 22.6 Å². The van der Waals surface area contributed by atoms with Crippen molar-refractivity contribution in [1.82, 2.24) is 0 Å². The smallest absolute Gasteiger partial charge is 0.351 e. The summed E-state index contributed by atoms with van der Waals surface area (Å²) in [6.07, 6.45) is 0.893. The molecule has 0 fully saturated rings. The number of hydrogen-bond acceptors (Lipinski definition) is 5. The van der Waals surface area contributed by atoms with Crippen molar-refractivity contribution in [2.24, 2.45) is 0 Å². The maximum Gasteiger partial charge on any atom is 0.351 e. The number of aryl methyl sites for hydroxylation is 1. The van der Waals surface area contributed by atoms with E-state index in [1.54, 1.807) is 30.3 Å². The second kappa shape index (κ2) is 6.58. The average Bonchev–Trinajstić information content (AvgIpc) is 2.61. The van der Waals surface area contributed by atoms with E-state index in [9.17, 15) is 9.59 Å². The molecule has 0 amide bonds. The first kappa shape index (κ1) is 15.8. The molecule has 0 unspecified atom stereocenters. The molecule has 3 rings (SSSR count). The minimum absolute atomic E-state index is 0.157. The summed E-state index contributed by atoms with van der Waals surface area (Å²) in [6, 6.07) is 13.6. The van der Waals surface area contributed by atoms with Crippen molar-refractivity contribution in [3.63, 3.8) is 0 Å². The normalized spacial score (nSPS) is 10.6. The molecule has 0 bridgehead atoms. The number of methoxy groups -OCH3 is 1. The van der Waals surface area contributed by atoms with Crippen LogP contribution in [0.1, 0.15) is 22.8 Å². The van der Waals surface area contributed by atoms with Crippen LogP contribution in [0.15, 0.2) is 57.7 Å². The van der Waals surface area contributed by atoms with E-state index in [-0.39, 0.29) is 5.56 Å². The molecule has 0 saturated heterocycles. The molecule has 5 heteroatoms. The van der Waals surface area contributed by atoms with Crippen molar-refractivity contribution in [3.05, 3.63) is 70.1 Å². The zero-order valence-electron chi connectivity index (χ0n) is 13.4. The summed E-state index contributed by atoms with van der Waals surface area (Å²) < 4.78 is 15.6. The first-order chi connectivity index (χ1) is 11.6. The fourth-order valence-corrected chi connectivity index (χ4v) is 2.33. The topological polar surface area (TPSA) is 65.7 Å². The fourth-order valence-electron chi connectivity index (χ4n) is 2.33. The minimum atomic E-state index is -0.752. The lowest BCUT2D eigenvalue weighted by Crippen LogP contribution is -2.18. The van der Waals surface area contributed by atoms with E-state index in [4.69, 9.17) is 13.9 Å². The van der Waals surface area contributed by atoms with Gasteiger partial charge in [0.15, 0.2) is 0 Å². The molecule has 1 heterocycles. The Kier molecular flexibility index (Phi) is 4.33. The van der Waals surface area contributed by atoms with E-state index in [0.29, 0.717) is 22.5 Å². The molecule has 0 aliphatic heterocycles. The van der Waals surface area contributed by atoms with Crippen LogP contribution < -0.4 is 15.1 Å². The third kappa shape index (κ3) is 3.15. The molecular weight excluding hydrogens is 308 g/mol. The number of esters is 1. The monoisotopic (exact) mass is 324 g/mol. The van der Waals surface area contributed by atoms with Gasteiger partial charge in [0.25, 0.3) is 0 Å². The highest BCUT2D eigenvalue weighted by Gasteiger charge is 2.16. The quantitative estimate of drug-likeness (QED) is 0.417.